The van der Waals surface area contributed by atoms with Crippen molar-refractivity contribution in [3.8, 4) is 28.5 Å². The number of hydrogen-bond acceptors (Lipinski definition) is 5. The second-order valence-corrected chi connectivity index (χ2v) is 7.55. The average molecular weight is 431 g/mol. The Labute approximate surface area is 178 Å². The molecule has 1 heterocycles. The van der Waals surface area contributed by atoms with Crippen molar-refractivity contribution in [1.82, 2.24) is 4.57 Å². The van der Waals surface area contributed by atoms with E-state index in [0.29, 0.717) is 34.2 Å². The molecule has 2 aromatic carbocycles. The Balaban J connectivity index is 2.11. The van der Waals surface area contributed by atoms with Crippen LogP contribution in [0.5, 0.6) is 17.2 Å². The van der Waals surface area contributed by atoms with Gasteiger partial charge >= 0.3 is 0 Å². The molecule has 0 N–H and O–H groups in total. The van der Waals surface area contributed by atoms with Gasteiger partial charge in [0.15, 0.2) is 16.3 Å². The molecule has 0 aliphatic rings. The third kappa shape index (κ3) is 4.09. The van der Waals surface area contributed by atoms with E-state index in [1.807, 2.05) is 18.4 Å². The maximum Gasteiger partial charge on any atom is 0.279 e. The molecule has 0 aliphatic carbocycles. The Morgan fingerprint density at radius 1 is 1.07 bits per heavy atom. The molecule has 0 spiro atoms. The number of rotatable bonds is 6. The lowest BCUT2D eigenvalue weighted by atomic mass is 10.1. The number of halogens is 1. The van der Waals surface area contributed by atoms with Crippen molar-refractivity contribution in [3.63, 3.8) is 0 Å². The van der Waals surface area contributed by atoms with Crippen LogP contribution in [-0.2, 0) is 6.54 Å². The summed E-state index contributed by atoms with van der Waals surface area (Å²) in [5, 5.41) is 0. The normalized spacial score (nSPS) is 11.5. The van der Waals surface area contributed by atoms with Crippen molar-refractivity contribution >= 4 is 17.2 Å². The molecule has 1 amide bonds. The highest BCUT2D eigenvalue weighted by atomic mass is 32.1. The number of aryl methyl sites for hydroxylation is 1. The van der Waals surface area contributed by atoms with Gasteiger partial charge in [-0.25, -0.2) is 4.39 Å². The van der Waals surface area contributed by atoms with E-state index < -0.39 is 5.91 Å². The quantitative estimate of drug-likeness (QED) is 0.580. The van der Waals surface area contributed by atoms with Crippen LogP contribution in [0.3, 0.4) is 0 Å². The predicted molar refractivity (Wildman–Crippen MR) is 114 cm³/mol. The molecule has 0 saturated heterocycles. The summed E-state index contributed by atoms with van der Waals surface area (Å²) in [5.74, 6) is 0.451. The van der Waals surface area contributed by atoms with Crippen LogP contribution in [0.2, 0.25) is 0 Å². The number of hydrogen-bond donors (Lipinski definition) is 0. The first kappa shape index (κ1) is 21.6. The van der Waals surface area contributed by atoms with Gasteiger partial charge in [-0.2, -0.15) is 4.99 Å². The maximum atomic E-state index is 13.3. The first-order valence-electron chi connectivity index (χ1n) is 9.28. The monoisotopic (exact) mass is 430 g/mol. The van der Waals surface area contributed by atoms with Gasteiger partial charge in [0.25, 0.3) is 5.91 Å². The minimum atomic E-state index is -0.427. The SMILES string of the molecule is CCn1c(-c2ccc(F)cc2)c(C)sc1=NC(=O)c1cc(OC)c(OC)c(OC)c1. The van der Waals surface area contributed by atoms with Gasteiger partial charge in [-0.15, -0.1) is 11.3 Å². The lowest BCUT2D eigenvalue weighted by Gasteiger charge is -2.12. The number of aromatic nitrogens is 1. The van der Waals surface area contributed by atoms with E-state index >= 15 is 0 Å². The average Bonchev–Trinajstić information content (AvgIpc) is 3.07. The summed E-state index contributed by atoms with van der Waals surface area (Å²) in [5.41, 5.74) is 2.11. The van der Waals surface area contributed by atoms with E-state index in [9.17, 15) is 9.18 Å². The van der Waals surface area contributed by atoms with Gasteiger partial charge < -0.3 is 18.8 Å². The van der Waals surface area contributed by atoms with Crippen LogP contribution in [0, 0.1) is 12.7 Å². The minimum Gasteiger partial charge on any atom is -0.493 e. The Hall–Kier alpha value is -3.13. The standard InChI is InChI=1S/C22H23FN2O4S/c1-6-25-19(14-7-9-16(23)10-8-14)13(2)30-22(25)24-21(26)15-11-17(27-3)20(29-5)18(12-15)28-4/h7-12H,6H2,1-5H3. The molecule has 0 atom stereocenters. The Kier molecular flexibility index (Phi) is 6.56. The van der Waals surface area contributed by atoms with Crippen molar-refractivity contribution in [2.45, 2.75) is 20.4 Å². The molecule has 30 heavy (non-hydrogen) atoms. The van der Waals surface area contributed by atoms with Gasteiger partial charge in [0.2, 0.25) is 5.75 Å². The molecule has 6 nitrogen and oxygen atoms in total. The van der Waals surface area contributed by atoms with E-state index in [-0.39, 0.29) is 5.82 Å². The molecule has 158 valence electrons. The van der Waals surface area contributed by atoms with Gasteiger partial charge in [0.1, 0.15) is 5.82 Å². The number of carbonyl (C=O) groups is 1. The highest BCUT2D eigenvalue weighted by molar-refractivity contribution is 7.09. The number of amides is 1. The molecule has 0 radical (unpaired) electrons. The summed E-state index contributed by atoms with van der Waals surface area (Å²) < 4.78 is 31.2. The minimum absolute atomic E-state index is 0.294. The van der Waals surface area contributed by atoms with E-state index in [2.05, 4.69) is 4.99 Å². The maximum absolute atomic E-state index is 13.3. The van der Waals surface area contributed by atoms with Crippen molar-refractivity contribution in [2.24, 2.45) is 4.99 Å². The number of thiazole rings is 1. The zero-order chi connectivity index (χ0) is 21.8. The smallest absolute Gasteiger partial charge is 0.279 e. The molecule has 0 fully saturated rings. The lowest BCUT2D eigenvalue weighted by Crippen LogP contribution is -2.17. The Morgan fingerprint density at radius 2 is 1.67 bits per heavy atom. The van der Waals surface area contributed by atoms with Gasteiger partial charge in [0, 0.05) is 17.0 Å². The summed E-state index contributed by atoms with van der Waals surface area (Å²) in [4.78, 5) is 18.8. The first-order valence-corrected chi connectivity index (χ1v) is 10.1. The highest BCUT2D eigenvalue weighted by Gasteiger charge is 2.18. The number of methoxy groups -OCH3 is 3. The van der Waals surface area contributed by atoms with Crippen molar-refractivity contribution < 1.29 is 23.4 Å². The lowest BCUT2D eigenvalue weighted by molar-refractivity contribution is 0.0997. The largest absolute Gasteiger partial charge is 0.493 e. The highest BCUT2D eigenvalue weighted by Crippen LogP contribution is 2.38. The van der Waals surface area contributed by atoms with Crippen LogP contribution in [-0.4, -0.2) is 31.8 Å². The van der Waals surface area contributed by atoms with E-state index in [1.165, 1.54) is 44.8 Å². The van der Waals surface area contributed by atoms with Crippen molar-refractivity contribution in [3.05, 3.63) is 57.5 Å². The molecule has 0 unspecified atom stereocenters. The number of carbonyl (C=O) groups excluding carboxylic acids is 1. The van der Waals surface area contributed by atoms with E-state index in [0.717, 1.165) is 16.1 Å². The third-order valence-corrected chi connectivity index (χ3v) is 5.62. The van der Waals surface area contributed by atoms with Crippen LogP contribution in [0.25, 0.3) is 11.3 Å². The molecule has 0 bridgehead atoms. The fourth-order valence-corrected chi connectivity index (χ4v) is 4.28. The van der Waals surface area contributed by atoms with E-state index in [4.69, 9.17) is 14.2 Å². The van der Waals surface area contributed by atoms with Gasteiger partial charge in [-0.05, 0) is 55.8 Å². The number of ether oxygens (including phenoxy) is 3. The van der Waals surface area contributed by atoms with Crippen molar-refractivity contribution in [1.29, 1.82) is 0 Å². The zero-order valence-electron chi connectivity index (χ0n) is 17.5. The number of nitrogens with zero attached hydrogens (tertiary/aromatic N) is 2. The first-order chi connectivity index (χ1) is 14.4. The molecule has 3 aromatic rings. The van der Waals surface area contributed by atoms with Crippen LogP contribution in [0.4, 0.5) is 4.39 Å². The van der Waals surface area contributed by atoms with Gasteiger partial charge in [-0.1, -0.05) is 0 Å². The summed E-state index contributed by atoms with van der Waals surface area (Å²) >= 11 is 1.41. The predicted octanol–water partition coefficient (Wildman–Crippen LogP) is 4.45. The summed E-state index contributed by atoms with van der Waals surface area (Å²) in [6, 6.07) is 9.44. The van der Waals surface area contributed by atoms with Gasteiger partial charge in [0.05, 0.1) is 27.0 Å². The zero-order valence-corrected chi connectivity index (χ0v) is 18.3. The van der Waals surface area contributed by atoms with Crippen LogP contribution >= 0.6 is 11.3 Å². The second-order valence-electron chi connectivity index (χ2n) is 6.37. The van der Waals surface area contributed by atoms with E-state index in [1.54, 1.807) is 24.3 Å². The summed E-state index contributed by atoms with van der Waals surface area (Å²) in [6.45, 7) is 4.54. The molecule has 1 aromatic heterocycles. The Morgan fingerprint density at radius 3 is 2.17 bits per heavy atom. The fraction of sp³-hybridized carbons (Fsp3) is 0.273. The molecular formula is C22H23FN2O4S. The summed E-state index contributed by atoms with van der Waals surface area (Å²) in [7, 11) is 4.48. The third-order valence-electron chi connectivity index (χ3n) is 4.62. The Bertz CT molecular complexity index is 1110. The number of benzene rings is 2. The van der Waals surface area contributed by atoms with Crippen LogP contribution in [0.15, 0.2) is 41.4 Å². The van der Waals surface area contributed by atoms with Crippen molar-refractivity contribution in [2.75, 3.05) is 21.3 Å². The van der Waals surface area contributed by atoms with Crippen LogP contribution in [0.1, 0.15) is 22.2 Å². The molecule has 8 heteroatoms. The molecule has 0 aliphatic heterocycles. The summed E-state index contributed by atoms with van der Waals surface area (Å²) in [6.07, 6.45) is 0. The molecule has 3 rings (SSSR count). The topological polar surface area (TPSA) is 62.1 Å². The fourth-order valence-electron chi connectivity index (χ4n) is 3.23. The van der Waals surface area contributed by atoms with Gasteiger partial charge in [-0.3, -0.25) is 4.79 Å². The molecule has 0 saturated carbocycles. The second kappa shape index (κ2) is 9.13. The molecular weight excluding hydrogens is 407 g/mol. The van der Waals surface area contributed by atoms with Crippen LogP contribution < -0.4 is 19.0 Å².